The molecule has 5 rings (SSSR count). The quantitative estimate of drug-likeness (QED) is 0.617. The Morgan fingerprint density at radius 3 is 2.72 bits per heavy atom. The molecule has 174 valence electrons. The second-order valence-electron chi connectivity index (χ2n) is 9.50. The predicted molar refractivity (Wildman–Crippen MR) is 118 cm³/mol. The van der Waals surface area contributed by atoms with E-state index in [9.17, 15) is 0 Å². The Balaban J connectivity index is 1.22. The van der Waals surface area contributed by atoms with Crippen LogP contribution in [0, 0.1) is 5.92 Å². The van der Waals surface area contributed by atoms with Gasteiger partial charge in [-0.05, 0) is 53.3 Å². The summed E-state index contributed by atoms with van der Waals surface area (Å²) in [4.78, 5) is 5.07. The standard InChI is InChI=1S/C23H34N6O3/c1-17(2)12-20(23-24-25-26-29(23)15-19-4-3-11-30-19)28-9-7-27(8-10-28)14-18-5-6-21-22(13-18)32-16-31-21/h5-6,13,17,19-20H,3-4,7-12,14-16H2,1-2H3/t19-,20+/m1/s1. The van der Waals surface area contributed by atoms with Crippen molar-refractivity contribution in [3.63, 3.8) is 0 Å². The van der Waals surface area contributed by atoms with Gasteiger partial charge in [0.2, 0.25) is 6.79 Å². The molecule has 0 radical (unpaired) electrons. The summed E-state index contributed by atoms with van der Waals surface area (Å²) in [5.41, 5.74) is 1.27. The minimum Gasteiger partial charge on any atom is -0.454 e. The Hall–Kier alpha value is -2.23. The zero-order chi connectivity index (χ0) is 21.9. The number of piperazine rings is 1. The highest BCUT2D eigenvalue weighted by Gasteiger charge is 2.31. The number of nitrogens with zero attached hydrogens (tertiary/aromatic N) is 6. The molecule has 1 aromatic carbocycles. The first-order valence-corrected chi connectivity index (χ1v) is 11.9. The number of hydrogen-bond acceptors (Lipinski definition) is 8. The lowest BCUT2D eigenvalue weighted by Crippen LogP contribution is -2.48. The molecule has 9 heteroatoms. The summed E-state index contributed by atoms with van der Waals surface area (Å²) >= 11 is 0. The number of fused-ring (bicyclic) bond motifs is 1. The van der Waals surface area contributed by atoms with E-state index < -0.39 is 0 Å². The third kappa shape index (κ3) is 4.89. The Kier molecular flexibility index (Phi) is 6.56. The van der Waals surface area contributed by atoms with Gasteiger partial charge in [-0.15, -0.1) is 5.10 Å². The van der Waals surface area contributed by atoms with Crippen LogP contribution in [0.2, 0.25) is 0 Å². The van der Waals surface area contributed by atoms with Gasteiger partial charge in [0.05, 0.1) is 18.7 Å². The zero-order valence-electron chi connectivity index (χ0n) is 19.2. The second-order valence-corrected chi connectivity index (χ2v) is 9.50. The van der Waals surface area contributed by atoms with Crippen molar-refractivity contribution in [1.29, 1.82) is 0 Å². The number of benzene rings is 1. The molecule has 1 aromatic heterocycles. The van der Waals surface area contributed by atoms with Crippen molar-refractivity contribution in [2.75, 3.05) is 39.6 Å². The summed E-state index contributed by atoms with van der Waals surface area (Å²) in [6, 6.07) is 6.50. The van der Waals surface area contributed by atoms with Crippen molar-refractivity contribution < 1.29 is 14.2 Å². The van der Waals surface area contributed by atoms with Gasteiger partial charge in [-0.3, -0.25) is 9.80 Å². The first kappa shape index (κ1) is 21.6. The molecule has 2 saturated heterocycles. The number of rotatable bonds is 8. The first-order chi connectivity index (χ1) is 15.7. The van der Waals surface area contributed by atoms with Crippen molar-refractivity contribution in [3.05, 3.63) is 29.6 Å². The van der Waals surface area contributed by atoms with Crippen LogP contribution in [-0.2, 0) is 17.8 Å². The van der Waals surface area contributed by atoms with E-state index >= 15 is 0 Å². The van der Waals surface area contributed by atoms with E-state index in [-0.39, 0.29) is 12.1 Å². The number of ether oxygens (including phenoxy) is 3. The normalized spacial score (nSPS) is 22.7. The Bertz CT molecular complexity index is 890. The smallest absolute Gasteiger partial charge is 0.231 e. The maximum Gasteiger partial charge on any atom is 0.231 e. The molecule has 0 unspecified atom stereocenters. The second kappa shape index (κ2) is 9.72. The third-order valence-corrected chi connectivity index (χ3v) is 6.64. The average Bonchev–Trinajstić information content (AvgIpc) is 3.55. The summed E-state index contributed by atoms with van der Waals surface area (Å²) < 4.78 is 18.8. The van der Waals surface area contributed by atoms with E-state index in [1.54, 1.807) is 0 Å². The van der Waals surface area contributed by atoms with Crippen LogP contribution in [0.3, 0.4) is 0 Å². The van der Waals surface area contributed by atoms with E-state index in [1.807, 2.05) is 10.7 Å². The molecule has 32 heavy (non-hydrogen) atoms. The van der Waals surface area contributed by atoms with Gasteiger partial charge in [0.15, 0.2) is 17.3 Å². The van der Waals surface area contributed by atoms with Crippen molar-refractivity contribution in [3.8, 4) is 11.5 Å². The van der Waals surface area contributed by atoms with Crippen LogP contribution in [0.1, 0.15) is 50.5 Å². The largest absolute Gasteiger partial charge is 0.454 e. The summed E-state index contributed by atoms with van der Waals surface area (Å²) in [5.74, 6) is 3.25. The summed E-state index contributed by atoms with van der Waals surface area (Å²) in [6.45, 7) is 11.5. The van der Waals surface area contributed by atoms with Crippen molar-refractivity contribution in [2.24, 2.45) is 5.92 Å². The highest BCUT2D eigenvalue weighted by atomic mass is 16.7. The predicted octanol–water partition coefficient (Wildman–Crippen LogP) is 2.49. The maximum absolute atomic E-state index is 5.83. The molecule has 0 saturated carbocycles. The van der Waals surface area contributed by atoms with Crippen LogP contribution < -0.4 is 9.47 Å². The van der Waals surface area contributed by atoms with Crippen molar-refractivity contribution >= 4 is 0 Å². The van der Waals surface area contributed by atoms with E-state index in [0.717, 1.165) is 82.5 Å². The number of tetrazole rings is 1. The maximum atomic E-state index is 5.83. The van der Waals surface area contributed by atoms with Crippen molar-refractivity contribution in [2.45, 2.75) is 58.3 Å². The first-order valence-electron chi connectivity index (χ1n) is 11.9. The van der Waals surface area contributed by atoms with Crippen LogP contribution in [-0.4, -0.2) is 75.7 Å². The van der Waals surface area contributed by atoms with Crippen LogP contribution in [0.25, 0.3) is 0 Å². The fraction of sp³-hybridized carbons (Fsp3) is 0.696. The molecule has 0 N–H and O–H groups in total. The summed E-state index contributed by atoms with van der Waals surface area (Å²) in [5, 5.41) is 12.8. The number of aromatic nitrogens is 4. The fourth-order valence-corrected chi connectivity index (χ4v) is 4.96. The molecule has 2 fully saturated rings. The molecule has 0 bridgehead atoms. The molecular formula is C23H34N6O3. The SMILES string of the molecule is CC(C)C[C@@H](c1nnnn1C[C@H]1CCCO1)N1CCN(Cc2ccc3c(c2)OCO3)CC1. The molecule has 0 amide bonds. The highest BCUT2D eigenvalue weighted by molar-refractivity contribution is 5.44. The Morgan fingerprint density at radius 1 is 1.09 bits per heavy atom. The van der Waals surface area contributed by atoms with Gasteiger partial charge >= 0.3 is 0 Å². The lowest BCUT2D eigenvalue weighted by atomic mass is 10.0. The van der Waals surface area contributed by atoms with Gasteiger partial charge in [-0.1, -0.05) is 19.9 Å². The van der Waals surface area contributed by atoms with Gasteiger partial charge in [0.1, 0.15) is 0 Å². The minimum atomic E-state index is 0.232. The topological polar surface area (TPSA) is 77.8 Å². The number of hydrogen-bond donors (Lipinski definition) is 0. The highest BCUT2D eigenvalue weighted by Crippen LogP contribution is 2.33. The van der Waals surface area contributed by atoms with E-state index in [4.69, 9.17) is 14.2 Å². The minimum absolute atomic E-state index is 0.232. The average molecular weight is 443 g/mol. The Morgan fingerprint density at radius 2 is 1.94 bits per heavy atom. The van der Waals surface area contributed by atoms with Crippen LogP contribution >= 0.6 is 0 Å². The monoisotopic (exact) mass is 442 g/mol. The molecule has 3 aliphatic rings. The van der Waals surface area contributed by atoms with Crippen molar-refractivity contribution in [1.82, 2.24) is 30.0 Å². The summed E-state index contributed by atoms with van der Waals surface area (Å²) in [6.07, 6.45) is 3.50. The van der Waals surface area contributed by atoms with Gasteiger partial charge in [-0.25, -0.2) is 4.68 Å². The lowest BCUT2D eigenvalue weighted by molar-refractivity contribution is 0.0697. The molecule has 2 aromatic rings. The van der Waals surface area contributed by atoms with E-state index in [0.29, 0.717) is 12.7 Å². The van der Waals surface area contributed by atoms with E-state index in [1.165, 1.54) is 5.56 Å². The fourth-order valence-electron chi connectivity index (χ4n) is 4.96. The van der Waals surface area contributed by atoms with Gasteiger partial charge in [0.25, 0.3) is 0 Å². The van der Waals surface area contributed by atoms with Gasteiger partial charge in [-0.2, -0.15) is 0 Å². The molecule has 0 aliphatic carbocycles. The molecule has 4 heterocycles. The lowest BCUT2D eigenvalue weighted by Gasteiger charge is -2.39. The van der Waals surface area contributed by atoms with Crippen LogP contribution in [0.15, 0.2) is 18.2 Å². The van der Waals surface area contributed by atoms with E-state index in [2.05, 4.69) is 51.3 Å². The third-order valence-electron chi connectivity index (χ3n) is 6.64. The molecule has 3 aliphatic heterocycles. The van der Waals surface area contributed by atoms with Crippen LogP contribution in [0.5, 0.6) is 11.5 Å². The molecule has 0 spiro atoms. The summed E-state index contributed by atoms with van der Waals surface area (Å²) in [7, 11) is 0. The molecular weight excluding hydrogens is 408 g/mol. The van der Waals surface area contributed by atoms with Gasteiger partial charge in [0, 0.05) is 39.3 Å². The van der Waals surface area contributed by atoms with Crippen LogP contribution in [0.4, 0.5) is 0 Å². The molecule has 2 atom stereocenters. The Labute approximate surface area is 189 Å². The molecule has 9 nitrogen and oxygen atoms in total. The van der Waals surface area contributed by atoms with Gasteiger partial charge < -0.3 is 14.2 Å². The zero-order valence-corrected chi connectivity index (χ0v) is 19.2.